The maximum absolute atomic E-state index is 11.9. The molecule has 34 heavy (non-hydrogen) atoms. The minimum Gasteiger partial charge on any atom is -0.481 e. The maximum atomic E-state index is 11.9. The molecule has 4 atom stereocenters. The Labute approximate surface area is 186 Å². The zero-order chi connectivity index (χ0) is 27.0. The smallest absolute Gasteiger partial charge is 0.349 e. The normalized spacial score (nSPS) is 15.9. The summed E-state index contributed by atoms with van der Waals surface area (Å²) < 4.78 is 8.44. The van der Waals surface area contributed by atoms with Crippen molar-refractivity contribution in [1.82, 2.24) is 0 Å². The number of aliphatic hydroxyl groups is 2. The number of aliphatic carboxylic acids is 6. The van der Waals surface area contributed by atoms with Gasteiger partial charge in [0.25, 0.3) is 0 Å². The largest absolute Gasteiger partial charge is 0.481 e. The zero-order valence-corrected chi connectivity index (χ0v) is 16.6. The molecule has 0 fully saturated rings. The van der Waals surface area contributed by atoms with E-state index in [1.807, 2.05) is 0 Å². The SMILES string of the molecule is O=C(O)CC(O)(CC(=O)OC(C(=O)O)C(OC(=O)CC(O)(CC(=O)O)C(=O)O)C(=O)O)C(=O)O. The first-order valence-electron chi connectivity index (χ1n) is 8.54. The van der Waals surface area contributed by atoms with Crippen molar-refractivity contribution in [2.75, 3.05) is 0 Å². The summed E-state index contributed by atoms with van der Waals surface area (Å²) in [7, 11) is 0. The predicted octanol–water partition coefficient (Wildman–Crippen LogP) is -3.66. The van der Waals surface area contributed by atoms with E-state index < -0.39 is 96.8 Å². The van der Waals surface area contributed by atoms with E-state index in [4.69, 9.17) is 30.6 Å². The van der Waals surface area contributed by atoms with E-state index in [0.29, 0.717) is 0 Å². The van der Waals surface area contributed by atoms with Crippen LogP contribution in [-0.2, 0) is 47.8 Å². The van der Waals surface area contributed by atoms with Gasteiger partial charge >= 0.3 is 47.8 Å². The van der Waals surface area contributed by atoms with Crippen LogP contribution in [0.5, 0.6) is 0 Å². The number of carbonyl (C=O) groups excluding carboxylic acids is 2. The lowest BCUT2D eigenvalue weighted by molar-refractivity contribution is -0.193. The van der Waals surface area contributed by atoms with Gasteiger partial charge in [0.15, 0.2) is 11.2 Å². The van der Waals surface area contributed by atoms with Gasteiger partial charge in [-0.1, -0.05) is 0 Å². The third kappa shape index (κ3) is 8.67. The average Bonchev–Trinajstić information content (AvgIpc) is 2.62. The van der Waals surface area contributed by atoms with Gasteiger partial charge in [0.2, 0.25) is 12.2 Å². The van der Waals surface area contributed by atoms with Crippen molar-refractivity contribution in [3.05, 3.63) is 0 Å². The second-order valence-electron chi connectivity index (χ2n) is 6.67. The van der Waals surface area contributed by atoms with Gasteiger partial charge in [0.05, 0.1) is 25.7 Å². The highest BCUT2D eigenvalue weighted by Crippen LogP contribution is 2.21. The van der Waals surface area contributed by atoms with Crippen LogP contribution in [0.25, 0.3) is 0 Å². The molecule has 0 aliphatic rings. The lowest BCUT2D eigenvalue weighted by Gasteiger charge is -2.25. The van der Waals surface area contributed by atoms with Crippen LogP contribution in [0.3, 0.4) is 0 Å². The minimum atomic E-state index is -3.30. The fraction of sp³-hybridized carbons (Fsp3) is 0.500. The van der Waals surface area contributed by atoms with Crippen LogP contribution in [0.15, 0.2) is 0 Å². The van der Waals surface area contributed by atoms with Crippen LogP contribution in [0.1, 0.15) is 25.7 Å². The Morgan fingerprint density at radius 1 is 0.529 bits per heavy atom. The summed E-state index contributed by atoms with van der Waals surface area (Å²) in [6.07, 6.45) is -12.3. The Morgan fingerprint density at radius 2 is 0.794 bits per heavy atom. The first-order valence-corrected chi connectivity index (χ1v) is 8.54. The van der Waals surface area contributed by atoms with Crippen LogP contribution in [0.2, 0.25) is 0 Å². The lowest BCUT2D eigenvalue weighted by Crippen LogP contribution is -2.49. The fourth-order valence-corrected chi connectivity index (χ4v) is 2.26. The standard InChI is InChI=1S/C16H18O18/c17-5(18)1-15(31,13(27)28)3-7(21)33-9(11(23)24)10(12(25)26)34-8(22)4-16(32,14(29)30)2-6(19)20/h9-10,31-32H,1-4H2,(H,17,18)(H,19,20)(H,23,24)(H,25,26)(H,27,28)(H,29,30). The molecular weight excluding hydrogens is 480 g/mol. The Hall–Kier alpha value is -4.32. The van der Waals surface area contributed by atoms with E-state index in [9.17, 15) is 48.6 Å². The molecular formula is C16H18O18. The van der Waals surface area contributed by atoms with Gasteiger partial charge in [-0.2, -0.15) is 0 Å². The molecule has 18 nitrogen and oxygen atoms in total. The van der Waals surface area contributed by atoms with Crippen molar-refractivity contribution in [1.29, 1.82) is 0 Å². The summed E-state index contributed by atoms with van der Waals surface area (Å²) in [5, 5.41) is 72.8. The number of carbonyl (C=O) groups is 8. The van der Waals surface area contributed by atoms with Crippen molar-refractivity contribution >= 4 is 47.8 Å². The van der Waals surface area contributed by atoms with E-state index >= 15 is 0 Å². The summed E-state index contributed by atoms with van der Waals surface area (Å²) in [6.45, 7) is 0. The Balaban J connectivity index is 5.73. The van der Waals surface area contributed by atoms with E-state index in [-0.39, 0.29) is 0 Å². The van der Waals surface area contributed by atoms with Crippen molar-refractivity contribution in [2.24, 2.45) is 0 Å². The molecule has 0 aliphatic carbocycles. The van der Waals surface area contributed by atoms with Crippen molar-refractivity contribution in [2.45, 2.75) is 49.1 Å². The Morgan fingerprint density at radius 3 is 0.971 bits per heavy atom. The molecule has 0 aromatic rings. The average molecular weight is 498 g/mol. The summed E-state index contributed by atoms with van der Waals surface area (Å²) >= 11 is 0. The highest BCUT2D eigenvalue weighted by Gasteiger charge is 2.47. The second kappa shape index (κ2) is 11.5. The summed E-state index contributed by atoms with van der Waals surface area (Å²) in [4.78, 5) is 89.9. The highest BCUT2D eigenvalue weighted by atomic mass is 16.6. The highest BCUT2D eigenvalue weighted by molar-refractivity contribution is 5.92. The van der Waals surface area contributed by atoms with Gasteiger partial charge in [-0.15, -0.1) is 0 Å². The summed E-state index contributed by atoms with van der Waals surface area (Å²) in [6, 6.07) is 0. The molecule has 0 aliphatic heterocycles. The van der Waals surface area contributed by atoms with E-state index in [2.05, 4.69) is 9.47 Å². The van der Waals surface area contributed by atoms with Crippen molar-refractivity contribution < 1.29 is 88.7 Å². The first kappa shape index (κ1) is 29.7. The molecule has 0 spiro atoms. The molecule has 0 rings (SSSR count). The van der Waals surface area contributed by atoms with E-state index in [1.54, 1.807) is 0 Å². The third-order valence-electron chi connectivity index (χ3n) is 3.84. The molecule has 0 aromatic heterocycles. The van der Waals surface area contributed by atoms with Crippen molar-refractivity contribution in [3.63, 3.8) is 0 Å². The molecule has 18 heteroatoms. The molecule has 0 bridgehead atoms. The predicted molar refractivity (Wildman–Crippen MR) is 93.9 cm³/mol. The number of ether oxygens (including phenoxy) is 2. The lowest BCUT2D eigenvalue weighted by atomic mass is 9.95. The second-order valence-corrected chi connectivity index (χ2v) is 6.67. The van der Waals surface area contributed by atoms with Crippen molar-refractivity contribution in [3.8, 4) is 0 Å². The zero-order valence-electron chi connectivity index (χ0n) is 16.6. The number of hydrogen-bond acceptors (Lipinski definition) is 12. The molecule has 0 amide bonds. The van der Waals surface area contributed by atoms with Gasteiger partial charge in [-0.05, 0) is 0 Å². The van der Waals surface area contributed by atoms with Gasteiger partial charge in [0, 0.05) is 0 Å². The molecule has 0 radical (unpaired) electrons. The third-order valence-corrected chi connectivity index (χ3v) is 3.84. The molecule has 0 saturated heterocycles. The molecule has 0 aromatic carbocycles. The Kier molecular flexibility index (Phi) is 10.1. The van der Waals surface area contributed by atoms with Crippen LogP contribution in [0, 0.1) is 0 Å². The number of carboxylic acids is 6. The number of hydrogen-bond donors (Lipinski definition) is 8. The van der Waals surface area contributed by atoms with Crippen LogP contribution >= 0.6 is 0 Å². The molecule has 0 saturated carbocycles. The monoisotopic (exact) mass is 498 g/mol. The van der Waals surface area contributed by atoms with Gasteiger partial charge in [0.1, 0.15) is 0 Å². The van der Waals surface area contributed by atoms with Gasteiger partial charge in [-0.25, -0.2) is 19.2 Å². The van der Waals surface area contributed by atoms with E-state index in [0.717, 1.165) is 0 Å². The van der Waals surface area contributed by atoms with E-state index in [1.165, 1.54) is 0 Å². The molecule has 190 valence electrons. The van der Waals surface area contributed by atoms with Crippen LogP contribution < -0.4 is 0 Å². The Bertz CT molecular complexity index is 818. The topological polar surface area (TPSA) is 317 Å². The van der Waals surface area contributed by atoms with Crippen LogP contribution in [0.4, 0.5) is 0 Å². The maximum Gasteiger partial charge on any atom is 0.349 e. The fourth-order valence-electron chi connectivity index (χ4n) is 2.26. The number of rotatable bonds is 15. The minimum absolute atomic E-state index is 1.55. The summed E-state index contributed by atoms with van der Waals surface area (Å²) in [5.41, 5.74) is -6.59. The van der Waals surface area contributed by atoms with Gasteiger partial charge < -0.3 is 50.3 Å². The number of carboxylic acid groups (broad SMARTS) is 6. The quantitative estimate of drug-likeness (QED) is 0.101. The molecule has 4 unspecified atom stereocenters. The first-order chi connectivity index (χ1) is 15.3. The van der Waals surface area contributed by atoms with Crippen LogP contribution in [-0.4, -0.2) is 112 Å². The molecule has 8 N–H and O–H groups in total. The van der Waals surface area contributed by atoms with Gasteiger partial charge in [-0.3, -0.25) is 19.2 Å². The summed E-state index contributed by atoms with van der Waals surface area (Å²) in [5.74, 6) is -16.7. The number of esters is 2. The molecule has 0 heterocycles.